The molecule has 1 aromatic rings. The second-order valence-electron chi connectivity index (χ2n) is 4.82. The number of amides is 4. The summed E-state index contributed by atoms with van der Waals surface area (Å²) in [6.07, 6.45) is -3.27. The molecule has 7 nitrogen and oxygen atoms in total. The normalized spacial score (nSPS) is 21.9. The number of alkyl halides is 3. The zero-order valence-electron chi connectivity index (χ0n) is 11.4. The molecule has 2 N–H and O–H groups in total. The largest absolute Gasteiger partial charge is 0.466 e. The van der Waals surface area contributed by atoms with Crippen LogP contribution in [0, 0.1) is 0 Å². The summed E-state index contributed by atoms with van der Waals surface area (Å²) in [5.41, 5.74) is -1.50. The lowest BCUT2D eigenvalue weighted by Gasteiger charge is -2.18. The number of urea groups is 1. The van der Waals surface area contributed by atoms with E-state index < -0.39 is 42.7 Å². The quantitative estimate of drug-likeness (QED) is 0.800. The van der Waals surface area contributed by atoms with Crippen LogP contribution in [0.25, 0.3) is 0 Å². The molecule has 0 bridgehead atoms. The van der Waals surface area contributed by atoms with Crippen molar-refractivity contribution in [3.05, 3.63) is 24.2 Å². The summed E-state index contributed by atoms with van der Waals surface area (Å²) in [6.45, 7) is -0.971. The number of halogens is 3. The van der Waals surface area contributed by atoms with Crippen LogP contribution in [0.3, 0.4) is 0 Å². The highest BCUT2D eigenvalue weighted by atomic mass is 19.4. The first kappa shape index (κ1) is 15.9. The zero-order valence-corrected chi connectivity index (χ0v) is 11.4. The van der Waals surface area contributed by atoms with Crippen molar-refractivity contribution in [3.63, 3.8) is 0 Å². The summed E-state index contributed by atoms with van der Waals surface area (Å²) in [5.74, 6) is -1.72. The SMILES string of the molecule is CC1(c2ccco2)NC(=O)N(CC(=O)NCC(F)(F)F)C1=O. The van der Waals surface area contributed by atoms with Gasteiger partial charge >= 0.3 is 12.2 Å². The van der Waals surface area contributed by atoms with E-state index in [4.69, 9.17) is 4.42 Å². The summed E-state index contributed by atoms with van der Waals surface area (Å²) in [5, 5.41) is 3.94. The van der Waals surface area contributed by atoms with E-state index in [0.29, 0.717) is 4.90 Å². The van der Waals surface area contributed by atoms with Crippen LogP contribution < -0.4 is 10.6 Å². The summed E-state index contributed by atoms with van der Waals surface area (Å²) in [4.78, 5) is 36.0. The van der Waals surface area contributed by atoms with Gasteiger partial charge in [0.15, 0.2) is 5.54 Å². The number of nitrogens with one attached hydrogen (secondary N) is 2. The van der Waals surface area contributed by atoms with Crippen LogP contribution in [0.5, 0.6) is 0 Å². The average molecular weight is 319 g/mol. The third kappa shape index (κ3) is 3.05. The van der Waals surface area contributed by atoms with E-state index in [1.807, 2.05) is 0 Å². The Morgan fingerprint density at radius 1 is 1.45 bits per heavy atom. The van der Waals surface area contributed by atoms with Gasteiger partial charge < -0.3 is 15.1 Å². The van der Waals surface area contributed by atoms with Crippen molar-refractivity contribution in [1.82, 2.24) is 15.5 Å². The third-order valence-corrected chi connectivity index (χ3v) is 3.08. The van der Waals surface area contributed by atoms with Gasteiger partial charge in [0.25, 0.3) is 5.91 Å². The van der Waals surface area contributed by atoms with Gasteiger partial charge in [-0.2, -0.15) is 13.2 Å². The fraction of sp³-hybridized carbons (Fsp3) is 0.417. The highest BCUT2D eigenvalue weighted by Gasteiger charge is 2.51. The average Bonchev–Trinajstić information content (AvgIpc) is 3.00. The van der Waals surface area contributed by atoms with Crippen LogP contribution in [-0.2, 0) is 15.1 Å². The van der Waals surface area contributed by atoms with Gasteiger partial charge in [0.05, 0.1) is 6.26 Å². The van der Waals surface area contributed by atoms with Crippen LogP contribution in [0.2, 0.25) is 0 Å². The lowest BCUT2D eigenvalue weighted by Crippen LogP contribution is -2.44. The Morgan fingerprint density at radius 2 is 2.14 bits per heavy atom. The van der Waals surface area contributed by atoms with Crippen LogP contribution >= 0.6 is 0 Å². The van der Waals surface area contributed by atoms with Gasteiger partial charge in [0.2, 0.25) is 5.91 Å². The van der Waals surface area contributed by atoms with Crippen LogP contribution in [-0.4, -0.2) is 42.0 Å². The predicted molar refractivity (Wildman–Crippen MR) is 65.4 cm³/mol. The fourth-order valence-corrected chi connectivity index (χ4v) is 1.97. The number of nitrogens with zero attached hydrogens (tertiary/aromatic N) is 1. The van der Waals surface area contributed by atoms with Gasteiger partial charge in [-0.15, -0.1) is 0 Å². The summed E-state index contributed by atoms with van der Waals surface area (Å²) in [7, 11) is 0. The molecule has 1 atom stereocenters. The number of hydrogen-bond donors (Lipinski definition) is 2. The second-order valence-corrected chi connectivity index (χ2v) is 4.82. The molecule has 22 heavy (non-hydrogen) atoms. The topological polar surface area (TPSA) is 91.7 Å². The van der Waals surface area contributed by atoms with E-state index >= 15 is 0 Å². The van der Waals surface area contributed by atoms with Crippen molar-refractivity contribution in [2.24, 2.45) is 0 Å². The molecule has 120 valence electrons. The van der Waals surface area contributed by atoms with Crippen molar-refractivity contribution in [1.29, 1.82) is 0 Å². The van der Waals surface area contributed by atoms with Gasteiger partial charge in [0, 0.05) is 0 Å². The van der Waals surface area contributed by atoms with E-state index in [-0.39, 0.29) is 5.76 Å². The molecule has 1 aliphatic rings. The lowest BCUT2D eigenvalue weighted by molar-refractivity contribution is -0.141. The van der Waals surface area contributed by atoms with E-state index in [1.54, 1.807) is 5.32 Å². The Bertz CT molecular complexity index is 599. The van der Waals surface area contributed by atoms with Gasteiger partial charge in [-0.25, -0.2) is 4.79 Å². The minimum atomic E-state index is -4.57. The zero-order chi connectivity index (χ0) is 16.5. The second kappa shape index (κ2) is 5.35. The highest BCUT2D eigenvalue weighted by Crippen LogP contribution is 2.28. The minimum Gasteiger partial charge on any atom is -0.466 e. The number of furan rings is 1. The molecule has 10 heteroatoms. The molecule has 1 aliphatic heterocycles. The monoisotopic (exact) mass is 319 g/mol. The van der Waals surface area contributed by atoms with Gasteiger partial charge in [0.1, 0.15) is 18.8 Å². The van der Waals surface area contributed by atoms with Crippen molar-refractivity contribution in [2.75, 3.05) is 13.1 Å². The number of imide groups is 1. The molecule has 4 amide bonds. The maximum absolute atomic E-state index is 12.3. The van der Waals surface area contributed by atoms with E-state index in [0.717, 1.165) is 0 Å². The molecule has 0 aromatic carbocycles. The standard InChI is InChI=1S/C12H12F3N3O4/c1-11(7-3-2-4-22-7)9(20)18(10(21)17-11)5-8(19)16-6-12(13,14)15/h2-4H,5-6H2,1H3,(H,16,19)(H,17,21). The Labute approximate surface area is 122 Å². The molecule has 1 fully saturated rings. The molecule has 2 heterocycles. The molecule has 0 spiro atoms. The summed E-state index contributed by atoms with van der Waals surface area (Å²) in [6, 6.07) is 2.09. The lowest BCUT2D eigenvalue weighted by atomic mass is 9.99. The Morgan fingerprint density at radius 3 is 2.68 bits per heavy atom. The summed E-state index contributed by atoms with van der Waals surface area (Å²) >= 11 is 0. The number of hydrogen-bond acceptors (Lipinski definition) is 4. The van der Waals surface area contributed by atoms with Crippen LogP contribution in [0.15, 0.2) is 22.8 Å². The van der Waals surface area contributed by atoms with E-state index in [2.05, 4.69) is 5.32 Å². The fourth-order valence-electron chi connectivity index (χ4n) is 1.97. The molecule has 2 rings (SSSR count). The first-order valence-electron chi connectivity index (χ1n) is 6.15. The first-order chi connectivity index (χ1) is 10.1. The van der Waals surface area contributed by atoms with Crippen molar-refractivity contribution in [2.45, 2.75) is 18.6 Å². The maximum Gasteiger partial charge on any atom is 0.405 e. The Balaban J connectivity index is 2.05. The smallest absolute Gasteiger partial charge is 0.405 e. The van der Waals surface area contributed by atoms with Gasteiger partial charge in [-0.1, -0.05) is 0 Å². The predicted octanol–water partition coefficient (Wildman–Crippen LogP) is 0.725. The molecular formula is C12H12F3N3O4. The van der Waals surface area contributed by atoms with E-state index in [9.17, 15) is 27.6 Å². The molecule has 1 aromatic heterocycles. The van der Waals surface area contributed by atoms with E-state index in [1.165, 1.54) is 25.3 Å². The van der Waals surface area contributed by atoms with Crippen molar-refractivity contribution in [3.8, 4) is 0 Å². The molecule has 0 aliphatic carbocycles. The minimum absolute atomic E-state index is 0.157. The maximum atomic E-state index is 12.3. The van der Waals surface area contributed by atoms with Crippen molar-refractivity contribution >= 4 is 17.8 Å². The number of carbonyl (C=O) groups is 3. The Hall–Kier alpha value is -2.52. The molecule has 0 radical (unpaired) electrons. The Kier molecular flexibility index (Phi) is 3.86. The van der Waals surface area contributed by atoms with Gasteiger partial charge in [-0.3, -0.25) is 14.5 Å². The molecule has 1 unspecified atom stereocenters. The third-order valence-electron chi connectivity index (χ3n) is 3.08. The van der Waals surface area contributed by atoms with Crippen LogP contribution in [0.1, 0.15) is 12.7 Å². The highest BCUT2D eigenvalue weighted by molar-refractivity contribution is 6.08. The number of rotatable bonds is 4. The van der Waals surface area contributed by atoms with Gasteiger partial charge in [-0.05, 0) is 19.1 Å². The molecule has 0 saturated carbocycles. The van der Waals surface area contributed by atoms with Crippen LogP contribution in [0.4, 0.5) is 18.0 Å². The first-order valence-corrected chi connectivity index (χ1v) is 6.15. The molecule has 1 saturated heterocycles. The number of carbonyl (C=O) groups excluding carboxylic acids is 3. The van der Waals surface area contributed by atoms with Crippen molar-refractivity contribution < 1.29 is 32.0 Å². The summed E-state index contributed by atoms with van der Waals surface area (Å²) < 4.78 is 41.1. The molecular weight excluding hydrogens is 307 g/mol.